The van der Waals surface area contributed by atoms with E-state index in [0.29, 0.717) is 5.16 Å². The maximum atomic E-state index is 2.43. The average Bonchev–Trinajstić information content (AvgIpc) is 2.50. The molecule has 0 aliphatic heterocycles. The maximum absolute atomic E-state index is 2.43. The van der Waals surface area contributed by atoms with Gasteiger partial charge in [-0.3, -0.25) is 0 Å². The van der Waals surface area contributed by atoms with Crippen molar-refractivity contribution in [3.8, 4) is 0 Å². The molecule has 0 spiro atoms. The van der Waals surface area contributed by atoms with Crippen molar-refractivity contribution in [3.63, 3.8) is 0 Å². The first kappa shape index (κ1) is 11.0. The molecule has 1 aliphatic rings. The molecule has 1 rings (SSSR count). The third kappa shape index (κ3) is 3.65. The van der Waals surface area contributed by atoms with Crippen molar-refractivity contribution in [2.24, 2.45) is 0 Å². The zero-order valence-electron chi connectivity index (χ0n) is 9.30. The lowest BCUT2D eigenvalue weighted by Crippen LogP contribution is -2.12. The normalized spacial score (nSPS) is 18.9. The van der Waals surface area contributed by atoms with Gasteiger partial charge >= 0.3 is 0 Å². The van der Waals surface area contributed by atoms with Crippen LogP contribution >= 0.6 is 7.92 Å². The summed E-state index contributed by atoms with van der Waals surface area (Å²) in [5.41, 5.74) is 1.62. The molecule has 1 unspecified atom stereocenters. The second-order valence-electron chi connectivity index (χ2n) is 4.80. The Morgan fingerprint density at radius 1 is 1.38 bits per heavy atom. The zero-order valence-corrected chi connectivity index (χ0v) is 10.2. The summed E-state index contributed by atoms with van der Waals surface area (Å²) in [5, 5.41) is 0.530. The minimum absolute atomic E-state index is 0.194. The van der Waals surface area contributed by atoms with Crippen LogP contribution in [0.25, 0.3) is 0 Å². The fourth-order valence-corrected chi connectivity index (χ4v) is 2.62. The molecule has 0 N–H and O–H groups in total. The maximum Gasteiger partial charge on any atom is -0.0132 e. The van der Waals surface area contributed by atoms with Crippen LogP contribution in [-0.4, -0.2) is 18.0 Å². The molecule has 0 bridgehead atoms. The van der Waals surface area contributed by atoms with Crippen molar-refractivity contribution in [3.05, 3.63) is 23.8 Å². The fourth-order valence-electron chi connectivity index (χ4n) is 1.32. The van der Waals surface area contributed by atoms with Gasteiger partial charge in [0.15, 0.2) is 0 Å². The van der Waals surface area contributed by atoms with E-state index in [1.165, 1.54) is 19.0 Å². The lowest BCUT2D eigenvalue weighted by Gasteiger charge is -2.28. The van der Waals surface area contributed by atoms with E-state index in [0.717, 1.165) is 0 Å². The van der Waals surface area contributed by atoms with E-state index in [4.69, 9.17) is 0 Å². The standard InChI is InChI=1S/C12H21P/c1-12(2,3)13(4)10-9-11-7-5-6-8-11/h5-7H,8-10H2,1-4H3. The fraction of sp³-hybridized carbons (Fsp3) is 0.667. The van der Waals surface area contributed by atoms with Crippen molar-refractivity contribution < 1.29 is 0 Å². The first-order valence-corrected chi connectivity index (χ1v) is 7.03. The molecule has 0 heterocycles. The molecule has 0 saturated carbocycles. The van der Waals surface area contributed by atoms with Gasteiger partial charge in [-0.15, -0.1) is 7.92 Å². The quantitative estimate of drug-likeness (QED) is 0.594. The Morgan fingerprint density at radius 3 is 2.54 bits per heavy atom. The van der Waals surface area contributed by atoms with Gasteiger partial charge in [-0.25, -0.2) is 0 Å². The van der Waals surface area contributed by atoms with Gasteiger partial charge in [0.25, 0.3) is 0 Å². The van der Waals surface area contributed by atoms with Crippen molar-refractivity contribution in [2.75, 3.05) is 12.8 Å². The first-order chi connectivity index (χ1) is 6.00. The van der Waals surface area contributed by atoms with Gasteiger partial charge in [0, 0.05) is 0 Å². The summed E-state index contributed by atoms with van der Waals surface area (Å²) in [5.74, 6) is 0. The summed E-state index contributed by atoms with van der Waals surface area (Å²) in [6.07, 6.45) is 10.6. The molecule has 1 heteroatoms. The molecule has 0 aromatic heterocycles. The van der Waals surface area contributed by atoms with Crippen LogP contribution in [-0.2, 0) is 0 Å². The summed E-state index contributed by atoms with van der Waals surface area (Å²) in [6.45, 7) is 9.51. The van der Waals surface area contributed by atoms with Crippen LogP contribution in [0, 0.1) is 0 Å². The molecule has 0 nitrogen and oxygen atoms in total. The lowest BCUT2D eigenvalue weighted by atomic mass is 10.2. The van der Waals surface area contributed by atoms with Crippen LogP contribution in [0.2, 0.25) is 0 Å². The van der Waals surface area contributed by atoms with Crippen molar-refractivity contribution in [1.29, 1.82) is 0 Å². The summed E-state index contributed by atoms with van der Waals surface area (Å²) in [7, 11) is 0.194. The Hall–Kier alpha value is -0.0900. The number of allylic oxidation sites excluding steroid dienone is 4. The highest BCUT2D eigenvalue weighted by Gasteiger charge is 2.18. The molecule has 74 valence electrons. The largest absolute Gasteiger partial charge is 0.104 e. The average molecular weight is 196 g/mol. The molecular formula is C12H21P. The molecular weight excluding hydrogens is 175 g/mol. The molecule has 0 aromatic carbocycles. The van der Waals surface area contributed by atoms with Crippen molar-refractivity contribution in [2.45, 2.75) is 38.8 Å². The van der Waals surface area contributed by atoms with Gasteiger partial charge in [-0.1, -0.05) is 44.6 Å². The Labute approximate surface area is 83.9 Å². The van der Waals surface area contributed by atoms with E-state index < -0.39 is 0 Å². The van der Waals surface area contributed by atoms with Crippen LogP contribution in [0.15, 0.2) is 23.8 Å². The van der Waals surface area contributed by atoms with Crippen LogP contribution in [0.5, 0.6) is 0 Å². The topological polar surface area (TPSA) is 0 Å². The number of hydrogen-bond acceptors (Lipinski definition) is 0. The van der Waals surface area contributed by atoms with E-state index >= 15 is 0 Å². The molecule has 0 radical (unpaired) electrons. The van der Waals surface area contributed by atoms with Gasteiger partial charge in [0.2, 0.25) is 0 Å². The molecule has 13 heavy (non-hydrogen) atoms. The van der Waals surface area contributed by atoms with E-state index in [2.05, 4.69) is 45.7 Å². The summed E-state index contributed by atoms with van der Waals surface area (Å²) < 4.78 is 0. The van der Waals surface area contributed by atoms with E-state index in [1.54, 1.807) is 5.57 Å². The SMILES string of the molecule is CP(CCC1=CC=CC1)C(C)(C)C. The van der Waals surface area contributed by atoms with Crippen LogP contribution < -0.4 is 0 Å². The molecule has 0 fully saturated rings. The van der Waals surface area contributed by atoms with Gasteiger partial charge in [0.1, 0.15) is 0 Å². The Morgan fingerprint density at radius 2 is 2.08 bits per heavy atom. The predicted octanol–water partition coefficient (Wildman–Crippen LogP) is 4.17. The smallest absolute Gasteiger partial charge is 0.0132 e. The van der Waals surface area contributed by atoms with Gasteiger partial charge in [-0.2, -0.15) is 0 Å². The lowest BCUT2D eigenvalue weighted by molar-refractivity contribution is 0.781. The highest BCUT2D eigenvalue weighted by Crippen LogP contribution is 2.46. The van der Waals surface area contributed by atoms with E-state index in [-0.39, 0.29) is 7.92 Å². The molecule has 0 amide bonds. The Kier molecular flexibility index (Phi) is 3.74. The zero-order chi connectivity index (χ0) is 9.90. The summed E-state index contributed by atoms with van der Waals surface area (Å²) in [6, 6.07) is 0. The molecule has 0 aromatic rings. The second kappa shape index (κ2) is 4.42. The third-order valence-corrected chi connectivity index (χ3v) is 5.95. The summed E-state index contributed by atoms with van der Waals surface area (Å²) in [4.78, 5) is 0. The van der Waals surface area contributed by atoms with Gasteiger partial charge < -0.3 is 0 Å². The monoisotopic (exact) mass is 196 g/mol. The van der Waals surface area contributed by atoms with Crippen LogP contribution in [0.3, 0.4) is 0 Å². The summed E-state index contributed by atoms with van der Waals surface area (Å²) >= 11 is 0. The minimum atomic E-state index is 0.194. The van der Waals surface area contributed by atoms with Crippen molar-refractivity contribution >= 4 is 7.92 Å². The third-order valence-electron chi connectivity index (χ3n) is 2.76. The van der Waals surface area contributed by atoms with E-state index in [9.17, 15) is 0 Å². The van der Waals surface area contributed by atoms with Crippen LogP contribution in [0.4, 0.5) is 0 Å². The first-order valence-electron chi connectivity index (χ1n) is 5.06. The highest BCUT2D eigenvalue weighted by molar-refractivity contribution is 7.58. The minimum Gasteiger partial charge on any atom is -0.104 e. The van der Waals surface area contributed by atoms with Gasteiger partial charge in [0.05, 0.1) is 0 Å². The second-order valence-corrected chi connectivity index (χ2v) is 7.98. The number of rotatable bonds is 3. The molecule has 1 atom stereocenters. The van der Waals surface area contributed by atoms with Crippen molar-refractivity contribution in [1.82, 2.24) is 0 Å². The highest BCUT2D eigenvalue weighted by atomic mass is 31.1. The Bertz CT molecular complexity index is 218. The van der Waals surface area contributed by atoms with Gasteiger partial charge in [-0.05, 0) is 30.8 Å². The van der Waals surface area contributed by atoms with E-state index in [1.807, 2.05) is 0 Å². The molecule has 1 aliphatic carbocycles. The Balaban J connectivity index is 2.26. The number of hydrogen-bond donors (Lipinski definition) is 0. The predicted molar refractivity (Wildman–Crippen MR) is 63.9 cm³/mol. The molecule has 0 saturated heterocycles. The van der Waals surface area contributed by atoms with Crippen LogP contribution in [0.1, 0.15) is 33.6 Å².